The van der Waals surface area contributed by atoms with Crippen LogP contribution in [0.25, 0.3) is 17.0 Å². The average molecular weight is 430 g/mol. The molecule has 0 aliphatic carbocycles. The van der Waals surface area contributed by atoms with Gasteiger partial charge in [-0.15, -0.1) is 0 Å². The molecule has 0 spiro atoms. The predicted octanol–water partition coefficient (Wildman–Crippen LogP) is 2.81. The minimum Gasteiger partial charge on any atom is -0.492 e. The van der Waals surface area contributed by atoms with Crippen molar-refractivity contribution < 1.29 is 14.3 Å². The second kappa shape index (κ2) is 8.42. The Morgan fingerprint density at radius 3 is 2.45 bits per heavy atom. The molecule has 1 aromatic heterocycles. The standard InChI is InChI=1S/C23H18N4O3S/c1-14-18(12-19-21(28)25-23(31)26-22(19)29)17-4-2-3-5-20(17)27(14)10-11-30-16-8-6-15(13-24)7-9-16/h2-9,12H,10-11H2,1H3,(H2,25,26,28,29,31). The summed E-state index contributed by atoms with van der Waals surface area (Å²) < 4.78 is 7.92. The van der Waals surface area contributed by atoms with Crippen LogP contribution in [0.15, 0.2) is 54.1 Å². The van der Waals surface area contributed by atoms with Crippen LogP contribution in [-0.2, 0) is 16.1 Å². The van der Waals surface area contributed by atoms with Crippen LogP contribution in [0.3, 0.4) is 0 Å². The van der Waals surface area contributed by atoms with Gasteiger partial charge >= 0.3 is 0 Å². The molecule has 0 unspecified atom stereocenters. The molecule has 1 fully saturated rings. The van der Waals surface area contributed by atoms with Crippen molar-refractivity contribution in [3.63, 3.8) is 0 Å². The number of thiocarbonyl (C=S) groups is 1. The SMILES string of the molecule is Cc1c(C=C2C(=O)NC(=S)NC2=O)c2ccccc2n1CCOc1ccc(C#N)cc1. The number of nitrogens with one attached hydrogen (secondary N) is 2. The number of ether oxygens (including phenoxy) is 1. The topological polar surface area (TPSA) is 96.2 Å². The van der Waals surface area contributed by atoms with Crippen LogP contribution in [0.1, 0.15) is 16.8 Å². The molecule has 154 valence electrons. The van der Waals surface area contributed by atoms with Gasteiger partial charge in [0.2, 0.25) is 0 Å². The fourth-order valence-corrected chi connectivity index (χ4v) is 3.74. The van der Waals surface area contributed by atoms with Crippen molar-refractivity contribution >= 4 is 46.1 Å². The molecule has 7 nitrogen and oxygen atoms in total. The zero-order chi connectivity index (χ0) is 22.0. The molecule has 8 heteroatoms. The molecule has 1 saturated heterocycles. The number of rotatable bonds is 5. The summed E-state index contributed by atoms with van der Waals surface area (Å²) in [5.41, 5.74) is 3.26. The fraction of sp³-hybridized carbons (Fsp3) is 0.130. The van der Waals surface area contributed by atoms with Gasteiger partial charge in [0.25, 0.3) is 11.8 Å². The van der Waals surface area contributed by atoms with E-state index in [2.05, 4.69) is 21.3 Å². The van der Waals surface area contributed by atoms with E-state index >= 15 is 0 Å². The molecule has 1 aliphatic heterocycles. The van der Waals surface area contributed by atoms with Crippen LogP contribution in [0, 0.1) is 18.3 Å². The average Bonchev–Trinajstić information content (AvgIpc) is 3.02. The van der Waals surface area contributed by atoms with E-state index in [9.17, 15) is 9.59 Å². The summed E-state index contributed by atoms with van der Waals surface area (Å²) in [6.45, 7) is 2.92. The molecule has 31 heavy (non-hydrogen) atoms. The van der Waals surface area contributed by atoms with E-state index in [0.29, 0.717) is 24.5 Å². The maximum absolute atomic E-state index is 12.3. The van der Waals surface area contributed by atoms with Crippen molar-refractivity contribution in [1.82, 2.24) is 15.2 Å². The van der Waals surface area contributed by atoms with Crippen molar-refractivity contribution in [2.45, 2.75) is 13.5 Å². The Morgan fingerprint density at radius 1 is 1.10 bits per heavy atom. The Bertz CT molecular complexity index is 1260. The molecule has 0 bridgehead atoms. The Morgan fingerprint density at radius 2 is 1.77 bits per heavy atom. The molecule has 2 N–H and O–H groups in total. The Kier molecular flexibility index (Phi) is 5.52. The quantitative estimate of drug-likeness (QED) is 0.369. The lowest BCUT2D eigenvalue weighted by molar-refractivity contribution is -0.123. The highest BCUT2D eigenvalue weighted by Gasteiger charge is 2.26. The molecule has 2 aromatic carbocycles. The number of carbonyl (C=O) groups excluding carboxylic acids is 2. The minimum atomic E-state index is -0.519. The van der Waals surface area contributed by atoms with E-state index in [1.165, 1.54) is 0 Å². The normalized spacial score (nSPS) is 13.5. The number of amides is 2. The zero-order valence-electron chi connectivity index (χ0n) is 16.6. The minimum absolute atomic E-state index is 0.00579. The summed E-state index contributed by atoms with van der Waals surface area (Å²) in [5, 5.41) is 14.8. The maximum atomic E-state index is 12.3. The number of benzene rings is 2. The van der Waals surface area contributed by atoms with Crippen LogP contribution in [0.4, 0.5) is 0 Å². The third kappa shape index (κ3) is 4.04. The zero-order valence-corrected chi connectivity index (χ0v) is 17.5. The third-order valence-corrected chi connectivity index (χ3v) is 5.28. The summed E-state index contributed by atoms with van der Waals surface area (Å²) in [6, 6.07) is 16.8. The van der Waals surface area contributed by atoms with E-state index in [4.69, 9.17) is 22.2 Å². The summed E-state index contributed by atoms with van der Waals surface area (Å²) in [5.74, 6) is -0.356. The van der Waals surface area contributed by atoms with E-state index in [1.54, 1.807) is 30.3 Å². The Labute approximate surface area is 183 Å². The fourth-order valence-electron chi connectivity index (χ4n) is 3.56. The van der Waals surface area contributed by atoms with Crippen LogP contribution in [0.5, 0.6) is 5.75 Å². The highest BCUT2D eigenvalue weighted by Crippen LogP contribution is 2.28. The lowest BCUT2D eigenvalue weighted by Crippen LogP contribution is -2.51. The second-order valence-corrected chi connectivity index (χ2v) is 7.36. The van der Waals surface area contributed by atoms with Gasteiger partial charge in [-0.25, -0.2) is 0 Å². The van der Waals surface area contributed by atoms with Crippen molar-refractivity contribution in [3.8, 4) is 11.8 Å². The van der Waals surface area contributed by atoms with Crippen molar-refractivity contribution in [3.05, 3.63) is 70.9 Å². The smallest absolute Gasteiger partial charge is 0.263 e. The lowest BCUT2D eigenvalue weighted by Gasteiger charge is -2.16. The number of hydrogen-bond acceptors (Lipinski definition) is 5. The van der Waals surface area contributed by atoms with Gasteiger partial charge in [0, 0.05) is 22.2 Å². The monoisotopic (exact) mass is 430 g/mol. The first kappa shape index (κ1) is 20.3. The first-order valence-corrected chi connectivity index (χ1v) is 9.98. The molecule has 2 amide bonds. The van der Waals surface area contributed by atoms with E-state index < -0.39 is 11.8 Å². The van der Waals surface area contributed by atoms with Crippen LogP contribution < -0.4 is 15.4 Å². The molecule has 0 saturated carbocycles. The molecule has 4 rings (SSSR count). The Hall–Kier alpha value is -3.96. The third-order valence-electron chi connectivity index (χ3n) is 5.08. The molecule has 1 aliphatic rings. The number of fused-ring (bicyclic) bond motifs is 1. The van der Waals surface area contributed by atoms with E-state index in [-0.39, 0.29) is 10.7 Å². The predicted molar refractivity (Wildman–Crippen MR) is 120 cm³/mol. The van der Waals surface area contributed by atoms with E-state index in [1.807, 2.05) is 31.2 Å². The van der Waals surface area contributed by atoms with Crippen LogP contribution in [-0.4, -0.2) is 28.1 Å². The number of para-hydroxylation sites is 1. The molecule has 0 radical (unpaired) electrons. The number of aromatic nitrogens is 1. The number of carbonyl (C=O) groups is 2. The molecule has 3 aromatic rings. The second-order valence-electron chi connectivity index (χ2n) is 6.95. The van der Waals surface area contributed by atoms with Crippen molar-refractivity contribution in [2.24, 2.45) is 0 Å². The summed E-state index contributed by atoms with van der Waals surface area (Å²) >= 11 is 4.86. The highest BCUT2D eigenvalue weighted by atomic mass is 32.1. The highest BCUT2D eigenvalue weighted by molar-refractivity contribution is 7.80. The number of nitriles is 1. The lowest BCUT2D eigenvalue weighted by atomic mass is 10.1. The number of nitrogens with zero attached hydrogens (tertiary/aromatic N) is 2. The molecule has 2 heterocycles. The van der Waals surface area contributed by atoms with E-state index in [0.717, 1.165) is 22.2 Å². The van der Waals surface area contributed by atoms with Gasteiger partial charge in [-0.1, -0.05) is 18.2 Å². The summed E-state index contributed by atoms with van der Waals surface area (Å²) in [7, 11) is 0. The first-order chi connectivity index (χ1) is 15.0. The summed E-state index contributed by atoms with van der Waals surface area (Å²) in [6.07, 6.45) is 1.60. The molecular formula is C23H18N4O3S. The number of hydrogen-bond donors (Lipinski definition) is 2. The maximum Gasteiger partial charge on any atom is 0.263 e. The Balaban J connectivity index is 1.63. The van der Waals surface area contributed by atoms with Gasteiger partial charge in [0.15, 0.2) is 5.11 Å². The van der Waals surface area contributed by atoms with Gasteiger partial charge in [0.1, 0.15) is 17.9 Å². The van der Waals surface area contributed by atoms with Gasteiger partial charge in [0.05, 0.1) is 18.2 Å². The van der Waals surface area contributed by atoms with Crippen molar-refractivity contribution in [1.29, 1.82) is 5.26 Å². The molecular weight excluding hydrogens is 412 g/mol. The first-order valence-electron chi connectivity index (χ1n) is 9.57. The largest absolute Gasteiger partial charge is 0.492 e. The summed E-state index contributed by atoms with van der Waals surface area (Å²) in [4.78, 5) is 24.5. The van der Waals surface area contributed by atoms with Gasteiger partial charge in [-0.05, 0) is 55.5 Å². The van der Waals surface area contributed by atoms with Crippen molar-refractivity contribution in [2.75, 3.05) is 6.61 Å². The molecule has 0 atom stereocenters. The van der Waals surface area contributed by atoms with Gasteiger partial charge in [-0.2, -0.15) is 5.26 Å². The van der Waals surface area contributed by atoms with Gasteiger partial charge in [-0.3, -0.25) is 20.2 Å². The van der Waals surface area contributed by atoms with Crippen LogP contribution in [0.2, 0.25) is 0 Å². The van der Waals surface area contributed by atoms with Crippen LogP contribution >= 0.6 is 12.2 Å². The van der Waals surface area contributed by atoms with Gasteiger partial charge < -0.3 is 9.30 Å².